The molecule has 2 rings (SSSR count). The van der Waals surface area contributed by atoms with Gasteiger partial charge >= 0.3 is 0 Å². The first-order valence-corrected chi connectivity index (χ1v) is 4.10. The molecular formula is C10H11NO. The Morgan fingerprint density at radius 3 is 3.00 bits per heavy atom. The topological polar surface area (TPSA) is 26.0 Å². The van der Waals surface area contributed by atoms with E-state index in [9.17, 15) is 0 Å². The molecule has 2 aliphatic heterocycles. The van der Waals surface area contributed by atoms with Crippen LogP contribution in [0.5, 0.6) is 0 Å². The van der Waals surface area contributed by atoms with E-state index in [4.69, 9.17) is 4.42 Å². The van der Waals surface area contributed by atoms with Crippen LogP contribution in [0.3, 0.4) is 0 Å². The molecule has 2 aliphatic rings. The van der Waals surface area contributed by atoms with Crippen molar-refractivity contribution in [2.75, 3.05) is 0 Å². The predicted molar refractivity (Wildman–Crippen MR) is 47.2 cm³/mol. The van der Waals surface area contributed by atoms with Crippen molar-refractivity contribution in [3.8, 4) is 11.5 Å². The third-order valence-corrected chi connectivity index (χ3v) is 1.98. The largest absolute Gasteiger partial charge is 0.462 e. The summed E-state index contributed by atoms with van der Waals surface area (Å²) in [6.07, 6.45) is 3.56. The Morgan fingerprint density at radius 1 is 1.42 bits per heavy atom. The summed E-state index contributed by atoms with van der Waals surface area (Å²) >= 11 is 0. The van der Waals surface area contributed by atoms with Crippen LogP contribution in [0, 0.1) is 0 Å². The lowest BCUT2D eigenvalue weighted by Crippen LogP contribution is -1.88. The van der Waals surface area contributed by atoms with Crippen LogP contribution in [-0.4, -0.2) is 4.98 Å². The van der Waals surface area contributed by atoms with E-state index in [2.05, 4.69) is 24.9 Å². The lowest BCUT2D eigenvalue weighted by molar-refractivity contribution is 0.552. The van der Waals surface area contributed by atoms with Gasteiger partial charge < -0.3 is 4.42 Å². The lowest BCUT2D eigenvalue weighted by atomic mass is 10.1. The van der Waals surface area contributed by atoms with Crippen molar-refractivity contribution in [1.29, 1.82) is 0 Å². The summed E-state index contributed by atoms with van der Waals surface area (Å²) in [5.74, 6) is 1.36. The van der Waals surface area contributed by atoms with E-state index in [0.29, 0.717) is 5.92 Å². The Labute approximate surface area is 71.6 Å². The minimum Gasteiger partial charge on any atom is -0.462 e. The average Bonchev–Trinajstić information content (AvgIpc) is 2.49. The molecular weight excluding hydrogens is 150 g/mol. The zero-order chi connectivity index (χ0) is 8.55. The highest BCUT2D eigenvalue weighted by atomic mass is 16.3. The third-order valence-electron chi connectivity index (χ3n) is 1.98. The third kappa shape index (κ3) is 1.09. The number of rotatable bonds is 1. The predicted octanol–water partition coefficient (Wildman–Crippen LogP) is 2.90. The maximum Gasteiger partial charge on any atom is 0.153 e. The molecule has 0 amide bonds. The van der Waals surface area contributed by atoms with Gasteiger partial charge in [0, 0.05) is 12.3 Å². The fourth-order valence-electron chi connectivity index (χ4n) is 1.17. The zero-order valence-electron chi connectivity index (χ0n) is 7.24. The minimum atomic E-state index is 0.495. The van der Waals surface area contributed by atoms with Crippen molar-refractivity contribution in [1.82, 2.24) is 4.98 Å². The summed E-state index contributed by atoms with van der Waals surface area (Å²) in [5, 5.41) is 0. The molecule has 0 unspecified atom stereocenters. The number of hydrogen-bond acceptors (Lipinski definition) is 2. The summed E-state index contributed by atoms with van der Waals surface area (Å²) in [6, 6.07) is 3.95. The molecule has 2 heterocycles. The van der Waals surface area contributed by atoms with Crippen molar-refractivity contribution in [2.24, 2.45) is 0 Å². The molecule has 0 saturated heterocycles. The molecule has 62 valence electrons. The van der Waals surface area contributed by atoms with Crippen LogP contribution in [0.4, 0.5) is 0 Å². The van der Waals surface area contributed by atoms with Gasteiger partial charge in [-0.1, -0.05) is 13.8 Å². The quantitative estimate of drug-likeness (QED) is 0.642. The molecule has 2 heteroatoms. The van der Waals surface area contributed by atoms with Crippen molar-refractivity contribution in [3.63, 3.8) is 0 Å². The van der Waals surface area contributed by atoms with E-state index in [1.807, 2.05) is 6.07 Å². The normalized spacial score (nSPS) is 11.2. The molecule has 0 fully saturated rings. The number of aromatic nitrogens is 1. The highest BCUT2D eigenvalue weighted by Gasteiger charge is 2.08. The molecule has 0 aromatic heterocycles. The molecule has 0 spiro atoms. The van der Waals surface area contributed by atoms with Gasteiger partial charge in [0.15, 0.2) is 5.76 Å². The van der Waals surface area contributed by atoms with Crippen LogP contribution in [-0.2, 0) is 0 Å². The lowest BCUT2D eigenvalue weighted by Gasteiger charge is -2.05. The first kappa shape index (κ1) is 7.35. The fraction of sp³-hybridized carbons (Fsp3) is 0.300. The molecule has 0 bridgehead atoms. The summed E-state index contributed by atoms with van der Waals surface area (Å²) in [6.45, 7) is 4.28. The van der Waals surface area contributed by atoms with Gasteiger partial charge in [0.25, 0.3) is 0 Å². The van der Waals surface area contributed by atoms with Crippen LogP contribution in [0.1, 0.15) is 25.3 Å². The Bertz CT molecular complexity index is 351. The molecule has 0 aromatic carbocycles. The molecule has 0 atom stereocenters. The monoisotopic (exact) mass is 161 g/mol. The summed E-state index contributed by atoms with van der Waals surface area (Å²) in [5.41, 5.74) is 2.14. The van der Waals surface area contributed by atoms with Crippen molar-refractivity contribution < 1.29 is 4.42 Å². The molecule has 0 N–H and O–H groups in total. The van der Waals surface area contributed by atoms with Gasteiger partial charge in [-0.05, 0) is 17.5 Å². The molecule has 0 saturated carbocycles. The van der Waals surface area contributed by atoms with Gasteiger partial charge in [-0.2, -0.15) is 0 Å². The second-order valence-electron chi connectivity index (χ2n) is 3.23. The number of nitrogens with zero attached hydrogens (tertiary/aromatic N) is 1. The van der Waals surface area contributed by atoms with Gasteiger partial charge in [0.05, 0.1) is 6.26 Å². The molecule has 0 aromatic rings. The van der Waals surface area contributed by atoms with Gasteiger partial charge in [-0.25, -0.2) is 0 Å². The molecule has 0 radical (unpaired) electrons. The van der Waals surface area contributed by atoms with Crippen molar-refractivity contribution in [3.05, 3.63) is 30.2 Å². The van der Waals surface area contributed by atoms with E-state index in [1.54, 1.807) is 12.5 Å². The second kappa shape index (κ2) is 2.63. The maximum atomic E-state index is 5.38. The smallest absolute Gasteiger partial charge is 0.153 e. The van der Waals surface area contributed by atoms with E-state index in [1.165, 1.54) is 5.56 Å². The van der Waals surface area contributed by atoms with Gasteiger partial charge in [-0.3, -0.25) is 4.98 Å². The zero-order valence-corrected chi connectivity index (χ0v) is 7.24. The number of hydrogen-bond donors (Lipinski definition) is 0. The average molecular weight is 161 g/mol. The number of fused-ring (bicyclic) bond motifs is 1. The first-order chi connectivity index (χ1) is 5.77. The van der Waals surface area contributed by atoms with Crippen LogP contribution in [0.2, 0.25) is 0 Å². The van der Waals surface area contributed by atoms with Gasteiger partial charge in [-0.15, -0.1) is 0 Å². The summed E-state index contributed by atoms with van der Waals surface area (Å²) < 4.78 is 5.38. The Morgan fingerprint density at radius 2 is 2.25 bits per heavy atom. The van der Waals surface area contributed by atoms with Crippen molar-refractivity contribution in [2.45, 2.75) is 19.8 Å². The highest BCUT2D eigenvalue weighted by molar-refractivity contribution is 5.54. The SMILES string of the molecule is CC(C)c1coc2ccnc-2c1. The summed E-state index contributed by atoms with van der Waals surface area (Å²) in [7, 11) is 0. The van der Waals surface area contributed by atoms with Crippen LogP contribution in [0.25, 0.3) is 11.5 Å². The first-order valence-electron chi connectivity index (χ1n) is 4.10. The minimum absolute atomic E-state index is 0.495. The van der Waals surface area contributed by atoms with Crippen molar-refractivity contribution >= 4 is 0 Å². The van der Waals surface area contributed by atoms with E-state index in [-0.39, 0.29) is 0 Å². The molecule has 0 aliphatic carbocycles. The van der Waals surface area contributed by atoms with E-state index < -0.39 is 0 Å². The van der Waals surface area contributed by atoms with E-state index >= 15 is 0 Å². The Kier molecular flexibility index (Phi) is 1.61. The Balaban J connectivity index is 2.54. The second-order valence-corrected chi connectivity index (χ2v) is 3.23. The highest BCUT2D eigenvalue weighted by Crippen LogP contribution is 2.24. The maximum absolute atomic E-state index is 5.38. The van der Waals surface area contributed by atoms with E-state index in [0.717, 1.165) is 11.5 Å². The van der Waals surface area contributed by atoms with Crippen LogP contribution < -0.4 is 0 Å². The standard InChI is InChI=1S/C10H11NO/c1-7(2)8-5-9-10(12-6-8)3-4-11-9/h3-7H,1-2H3. The van der Waals surface area contributed by atoms with Gasteiger partial charge in [0.1, 0.15) is 5.69 Å². The van der Waals surface area contributed by atoms with Gasteiger partial charge in [0.2, 0.25) is 0 Å². The fourth-order valence-corrected chi connectivity index (χ4v) is 1.17. The summed E-state index contributed by atoms with van der Waals surface area (Å²) in [4.78, 5) is 4.17. The van der Waals surface area contributed by atoms with Crippen LogP contribution >= 0.6 is 0 Å². The molecule has 2 nitrogen and oxygen atoms in total. The molecule has 12 heavy (non-hydrogen) atoms. The van der Waals surface area contributed by atoms with Crippen LogP contribution in [0.15, 0.2) is 29.0 Å². The Hall–Kier alpha value is -1.31.